The van der Waals surface area contributed by atoms with Crippen LogP contribution in [-0.4, -0.2) is 89.2 Å². The summed E-state index contributed by atoms with van der Waals surface area (Å²) in [5.74, 6) is -3.31. The van der Waals surface area contributed by atoms with Crippen molar-refractivity contribution in [3.8, 4) is 0 Å². The molecule has 1 rings (SSSR count). The number of aliphatic carboxylic acids is 1. The Morgan fingerprint density at radius 3 is 1.40 bits per heavy atom. The lowest BCUT2D eigenvalue weighted by molar-refractivity contribution is -0.301. The Bertz CT molecular complexity index is 1670. The molecule has 1 saturated heterocycles. The van der Waals surface area contributed by atoms with Crippen molar-refractivity contribution in [1.29, 1.82) is 0 Å². The largest absolute Gasteiger partial charge is 0.479 e. The molecule has 0 radical (unpaired) electrons. The Morgan fingerprint density at radius 2 is 0.893 bits per heavy atom. The highest BCUT2D eigenvalue weighted by Gasteiger charge is 2.50. The summed E-state index contributed by atoms with van der Waals surface area (Å²) in [6.45, 7) is 5.71. The maximum Gasteiger partial charge on any atom is 0.335 e. The van der Waals surface area contributed by atoms with E-state index in [1.807, 2.05) is 12.2 Å². The number of rotatable bonds is 48. The van der Waals surface area contributed by atoms with Crippen molar-refractivity contribution < 1.29 is 58.2 Å². The number of aliphatic hydroxyl groups excluding tert-OH is 2. The van der Waals surface area contributed by atoms with Crippen LogP contribution in [0.2, 0.25) is 0 Å². The number of carbonyl (C=O) groups excluding carboxylic acids is 3. The van der Waals surface area contributed by atoms with Gasteiger partial charge in [-0.2, -0.15) is 0 Å². The molecule has 3 N–H and O–H groups in total. The van der Waals surface area contributed by atoms with E-state index < -0.39 is 67.3 Å². The molecule has 0 spiro atoms. The number of aliphatic hydroxyl groups is 2. The molecule has 1 aliphatic heterocycles. The third kappa shape index (κ3) is 40.6. The van der Waals surface area contributed by atoms with Crippen molar-refractivity contribution in [2.24, 2.45) is 0 Å². The lowest BCUT2D eigenvalue weighted by Crippen LogP contribution is -2.61. The molecule has 0 saturated carbocycles. The zero-order valence-corrected chi connectivity index (χ0v) is 46.8. The minimum absolute atomic E-state index is 0.0199. The van der Waals surface area contributed by atoms with E-state index in [4.69, 9.17) is 23.7 Å². The molecule has 0 amide bonds. The first-order chi connectivity index (χ1) is 36.6. The first-order valence-electron chi connectivity index (χ1n) is 29.2. The molecular weight excluding hydrogens is 949 g/mol. The van der Waals surface area contributed by atoms with Gasteiger partial charge in [-0.05, 0) is 96.3 Å². The second-order valence-electron chi connectivity index (χ2n) is 19.6. The summed E-state index contributed by atoms with van der Waals surface area (Å²) in [6, 6.07) is 0. The number of allylic oxidation sites excluding steroid dienone is 15. The first kappa shape index (κ1) is 68.7. The van der Waals surface area contributed by atoms with Crippen molar-refractivity contribution in [3.63, 3.8) is 0 Å². The van der Waals surface area contributed by atoms with Crippen molar-refractivity contribution in [1.82, 2.24) is 0 Å². The highest BCUT2D eigenvalue weighted by atomic mass is 16.7. The molecule has 0 aliphatic carbocycles. The van der Waals surface area contributed by atoms with Gasteiger partial charge in [-0.25, -0.2) is 4.79 Å². The van der Waals surface area contributed by atoms with Gasteiger partial charge in [0.25, 0.3) is 0 Å². The predicted octanol–water partition coefficient (Wildman–Crippen LogP) is 14.9. The van der Waals surface area contributed by atoms with Gasteiger partial charge >= 0.3 is 23.9 Å². The van der Waals surface area contributed by atoms with Crippen LogP contribution in [0.25, 0.3) is 0 Å². The third-order valence-corrected chi connectivity index (χ3v) is 12.6. The number of hydrogen-bond donors (Lipinski definition) is 3. The van der Waals surface area contributed by atoms with Gasteiger partial charge in [0.1, 0.15) is 18.8 Å². The number of carbonyl (C=O) groups is 4. The summed E-state index contributed by atoms with van der Waals surface area (Å²) in [6.07, 6.45) is 54.1. The summed E-state index contributed by atoms with van der Waals surface area (Å²) in [7, 11) is 0. The monoisotopic (exact) mass is 1050 g/mol. The third-order valence-electron chi connectivity index (χ3n) is 12.6. The summed E-state index contributed by atoms with van der Waals surface area (Å²) in [5, 5.41) is 31.5. The molecule has 1 heterocycles. The Balaban J connectivity index is 2.71. The van der Waals surface area contributed by atoms with Crippen LogP contribution in [0.3, 0.4) is 0 Å². The van der Waals surface area contributed by atoms with Crippen LogP contribution < -0.4 is 0 Å². The van der Waals surface area contributed by atoms with Crippen LogP contribution in [-0.2, 0) is 42.9 Å². The van der Waals surface area contributed by atoms with Crippen LogP contribution >= 0.6 is 0 Å². The second-order valence-corrected chi connectivity index (χ2v) is 19.6. The van der Waals surface area contributed by atoms with Crippen LogP contribution in [0, 0.1) is 0 Å². The normalized spacial score (nSPS) is 18.9. The van der Waals surface area contributed by atoms with Crippen molar-refractivity contribution in [2.45, 2.75) is 263 Å². The zero-order valence-electron chi connectivity index (χ0n) is 46.8. The highest BCUT2D eigenvalue weighted by Crippen LogP contribution is 2.26. The lowest BCUT2D eigenvalue weighted by Gasteiger charge is -2.40. The minimum Gasteiger partial charge on any atom is -0.479 e. The van der Waals surface area contributed by atoms with E-state index in [0.717, 1.165) is 103 Å². The van der Waals surface area contributed by atoms with Gasteiger partial charge in [-0.1, -0.05) is 208 Å². The Hall–Kier alpha value is -4.36. The summed E-state index contributed by atoms with van der Waals surface area (Å²) in [5.41, 5.74) is 0. The average molecular weight is 1050 g/mol. The molecule has 6 unspecified atom stereocenters. The molecule has 0 aromatic heterocycles. The second kappa shape index (κ2) is 50.5. The Kier molecular flexibility index (Phi) is 46.2. The van der Waals surface area contributed by atoms with Crippen molar-refractivity contribution in [2.75, 3.05) is 13.2 Å². The number of esters is 3. The summed E-state index contributed by atoms with van der Waals surface area (Å²) < 4.78 is 28.2. The molecule has 0 aromatic rings. The molecule has 1 aliphatic rings. The Morgan fingerprint density at radius 1 is 0.467 bits per heavy atom. The Labute approximate surface area is 453 Å². The van der Waals surface area contributed by atoms with E-state index in [-0.39, 0.29) is 25.9 Å². The van der Waals surface area contributed by atoms with E-state index in [9.17, 15) is 34.5 Å². The van der Waals surface area contributed by atoms with Gasteiger partial charge in [0, 0.05) is 12.8 Å². The van der Waals surface area contributed by atoms with E-state index in [2.05, 4.69) is 99.8 Å². The molecule has 1 fully saturated rings. The first-order valence-corrected chi connectivity index (χ1v) is 29.2. The van der Waals surface area contributed by atoms with E-state index >= 15 is 0 Å². The van der Waals surface area contributed by atoms with E-state index in [1.165, 1.54) is 64.2 Å². The van der Waals surface area contributed by atoms with Gasteiger partial charge in [0.2, 0.25) is 0 Å². The number of unbranched alkanes of at least 4 members (excludes halogenated alkanes) is 19. The predicted molar refractivity (Wildman–Crippen MR) is 303 cm³/mol. The molecule has 426 valence electrons. The minimum atomic E-state index is -1.92. The highest BCUT2D eigenvalue weighted by molar-refractivity contribution is 5.74. The van der Waals surface area contributed by atoms with E-state index in [1.54, 1.807) is 6.08 Å². The van der Waals surface area contributed by atoms with E-state index in [0.29, 0.717) is 19.3 Å². The number of ether oxygens (including phenoxy) is 5. The molecule has 12 nitrogen and oxygen atoms in total. The average Bonchev–Trinajstić information content (AvgIpc) is 3.39. The fourth-order valence-corrected chi connectivity index (χ4v) is 8.16. The molecule has 0 aromatic carbocycles. The SMILES string of the molecule is CC/C=C\C/C=C\C/C=C\C/C=C\C/C=C\CC(=O)OCC(COC1OC(C(=O)O)C(O)C(O)C1OC(=O)CCCCCCCCCCC/C=C\C/C=C\CCCCC)OC(=O)CCCCCCC/C=C\CCCC. The summed E-state index contributed by atoms with van der Waals surface area (Å²) >= 11 is 0. The van der Waals surface area contributed by atoms with Gasteiger partial charge < -0.3 is 39.0 Å². The molecule has 6 atom stereocenters. The quantitative estimate of drug-likeness (QED) is 0.0228. The van der Waals surface area contributed by atoms with Gasteiger partial charge in [-0.3, -0.25) is 14.4 Å². The smallest absolute Gasteiger partial charge is 0.335 e. The standard InChI is InChI=1S/C63H102O12/c1-4-7-10-13-16-19-22-24-26-27-28-29-31-33-36-39-42-45-48-51-57(66)74-61-59(68)58(67)60(62(69)70)75-63(61)72-53-54(73-56(65)50-47-44-41-38-34-21-18-15-12-9-6-3)52-71-55(64)49-46-43-40-37-35-32-30-25-23-20-17-14-11-8-5-2/h8,11,15-20,24-26,30,35,37,43,46,54,58-61,63,67-68H,4-7,9-10,12-14,21-23,27-29,31-34,36,38-42,44-45,47-53H2,1-3H3,(H,69,70)/b11-8-,18-15-,19-16-,20-17-,26-24-,30-25-,37-35-,46-43-. The van der Waals surface area contributed by atoms with Crippen LogP contribution in [0.4, 0.5) is 0 Å². The zero-order chi connectivity index (χ0) is 54.7. The summed E-state index contributed by atoms with van der Waals surface area (Å²) in [4.78, 5) is 51.0. The maximum atomic E-state index is 13.1. The van der Waals surface area contributed by atoms with Crippen LogP contribution in [0.5, 0.6) is 0 Å². The van der Waals surface area contributed by atoms with Gasteiger partial charge in [0.15, 0.2) is 24.6 Å². The maximum absolute atomic E-state index is 13.1. The van der Waals surface area contributed by atoms with Crippen molar-refractivity contribution >= 4 is 23.9 Å². The number of carboxylic acid groups (broad SMARTS) is 1. The van der Waals surface area contributed by atoms with Crippen molar-refractivity contribution in [3.05, 3.63) is 97.2 Å². The molecule has 0 bridgehead atoms. The van der Waals surface area contributed by atoms with Crippen LogP contribution in [0.15, 0.2) is 97.2 Å². The number of hydrogen-bond acceptors (Lipinski definition) is 11. The lowest BCUT2D eigenvalue weighted by atomic mass is 9.98. The van der Waals surface area contributed by atoms with Gasteiger partial charge in [-0.15, -0.1) is 0 Å². The molecular formula is C63H102O12. The fourth-order valence-electron chi connectivity index (χ4n) is 8.16. The fraction of sp³-hybridized carbons (Fsp3) is 0.683. The number of carboxylic acids is 1. The van der Waals surface area contributed by atoms with Crippen LogP contribution in [0.1, 0.15) is 226 Å². The molecule has 12 heteroatoms. The van der Waals surface area contributed by atoms with Gasteiger partial charge in [0.05, 0.1) is 13.0 Å². The molecule has 75 heavy (non-hydrogen) atoms. The topological polar surface area (TPSA) is 175 Å².